The molecule has 0 saturated heterocycles. The topological polar surface area (TPSA) is 0 Å². The molecule has 58 valence electrons. The van der Waals surface area contributed by atoms with E-state index in [0.29, 0.717) is 3.92 Å². The summed E-state index contributed by atoms with van der Waals surface area (Å²) in [5, 5.41) is 0. The zero-order valence-electron chi connectivity index (χ0n) is 6.33. The summed E-state index contributed by atoms with van der Waals surface area (Å²) >= 11 is 2.44. The lowest BCUT2D eigenvalue weighted by Crippen LogP contribution is -1.85. The van der Waals surface area contributed by atoms with Gasteiger partial charge in [-0.15, -0.1) is 6.58 Å². The molecule has 0 bridgehead atoms. The number of allylic oxidation sites excluding steroid dienone is 1. The molecule has 0 aromatic heterocycles. The molecule has 0 aliphatic rings. The van der Waals surface area contributed by atoms with E-state index in [2.05, 4.69) is 53.4 Å². The van der Waals surface area contributed by atoms with Gasteiger partial charge in [0.15, 0.2) is 0 Å². The molecule has 0 spiro atoms. The molecule has 0 heterocycles. The lowest BCUT2D eigenvalue weighted by Gasteiger charge is -2.05. The third-order valence-electron chi connectivity index (χ3n) is 1.53. The van der Waals surface area contributed by atoms with Gasteiger partial charge in [-0.05, 0) is 12.0 Å². The third kappa shape index (κ3) is 2.66. The van der Waals surface area contributed by atoms with Gasteiger partial charge in [0.2, 0.25) is 0 Å². The molecule has 0 fully saturated rings. The average molecular weight is 258 g/mol. The van der Waals surface area contributed by atoms with Gasteiger partial charge >= 0.3 is 0 Å². The minimum Gasteiger partial charge on any atom is -0.103 e. The summed E-state index contributed by atoms with van der Waals surface area (Å²) in [6.45, 7) is 3.72. The van der Waals surface area contributed by atoms with Crippen LogP contribution in [0.1, 0.15) is 15.9 Å². The molecule has 1 rings (SSSR count). The van der Waals surface area contributed by atoms with Crippen LogP contribution in [0.15, 0.2) is 43.0 Å². The van der Waals surface area contributed by atoms with E-state index in [1.165, 1.54) is 5.56 Å². The maximum atomic E-state index is 3.72. The maximum Gasteiger partial charge on any atom is 0.0393 e. The van der Waals surface area contributed by atoms with Crippen molar-refractivity contribution in [2.45, 2.75) is 10.3 Å². The Morgan fingerprint density at radius 3 is 2.55 bits per heavy atom. The van der Waals surface area contributed by atoms with Crippen molar-refractivity contribution in [3.8, 4) is 0 Å². The largest absolute Gasteiger partial charge is 0.103 e. The number of hydrogen-bond acceptors (Lipinski definition) is 0. The molecule has 11 heavy (non-hydrogen) atoms. The number of rotatable bonds is 3. The van der Waals surface area contributed by atoms with Crippen LogP contribution < -0.4 is 0 Å². The van der Waals surface area contributed by atoms with Gasteiger partial charge in [-0.25, -0.2) is 0 Å². The van der Waals surface area contributed by atoms with Crippen molar-refractivity contribution in [3.63, 3.8) is 0 Å². The molecule has 0 aliphatic heterocycles. The van der Waals surface area contributed by atoms with Crippen LogP contribution in [0, 0.1) is 0 Å². The minimum absolute atomic E-state index is 0.575. The highest BCUT2D eigenvalue weighted by Gasteiger charge is 2.02. The molecule has 0 aliphatic carbocycles. The summed E-state index contributed by atoms with van der Waals surface area (Å²) in [6, 6.07) is 10.5. The summed E-state index contributed by atoms with van der Waals surface area (Å²) in [6.07, 6.45) is 3.01. The van der Waals surface area contributed by atoms with Crippen LogP contribution in [0.4, 0.5) is 0 Å². The van der Waals surface area contributed by atoms with E-state index in [-0.39, 0.29) is 0 Å². The zero-order valence-corrected chi connectivity index (χ0v) is 8.49. The van der Waals surface area contributed by atoms with Crippen LogP contribution in [-0.2, 0) is 0 Å². The van der Waals surface area contributed by atoms with E-state index >= 15 is 0 Å². The standard InChI is InChI=1S/C10H11I/c1-2-6-10(11)9-7-4-3-5-8-9/h2-5,7-8,10H,1,6H2. The number of alkyl halides is 1. The Balaban J connectivity index is 2.68. The summed E-state index contributed by atoms with van der Waals surface area (Å²) in [7, 11) is 0. The highest BCUT2D eigenvalue weighted by Crippen LogP contribution is 2.26. The van der Waals surface area contributed by atoms with Crippen LogP contribution in [0.2, 0.25) is 0 Å². The summed E-state index contributed by atoms with van der Waals surface area (Å²) in [5.74, 6) is 0. The van der Waals surface area contributed by atoms with Crippen molar-refractivity contribution in [2.75, 3.05) is 0 Å². The fourth-order valence-corrected chi connectivity index (χ4v) is 1.72. The molecule has 0 radical (unpaired) electrons. The number of halogens is 1. The lowest BCUT2D eigenvalue weighted by molar-refractivity contribution is 1.01. The summed E-state index contributed by atoms with van der Waals surface area (Å²) < 4.78 is 0.575. The highest BCUT2D eigenvalue weighted by atomic mass is 127. The van der Waals surface area contributed by atoms with E-state index < -0.39 is 0 Å². The molecule has 0 N–H and O–H groups in total. The molecular formula is C10H11I. The number of hydrogen-bond donors (Lipinski definition) is 0. The van der Waals surface area contributed by atoms with Crippen molar-refractivity contribution in [3.05, 3.63) is 48.6 Å². The predicted octanol–water partition coefficient (Wildman–Crippen LogP) is 3.74. The second-order valence-corrected chi connectivity index (χ2v) is 3.91. The van der Waals surface area contributed by atoms with Gasteiger partial charge in [0, 0.05) is 3.92 Å². The molecule has 1 aromatic carbocycles. The van der Waals surface area contributed by atoms with Gasteiger partial charge in [-0.2, -0.15) is 0 Å². The highest BCUT2D eigenvalue weighted by molar-refractivity contribution is 14.1. The molecule has 1 heteroatoms. The Morgan fingerprint density at radius 1 is 1.36 bits per heavy atom. The minimum atomic E-state index is 0.575. The maximum absolute atomic E-state index is 3.72. The van der Waals surface area contributed by atoms with Gasteiger partial charge < -0.3 is 0 Å². The van der Waals surface area contributed by atoms with Gasteiger partial charge in [0.1, 0.15) is 0 Å². The van der Waals surface area contributed by atoms with Gasteiger partial charge in [-0.3, -0.25) is 0 Å². The summed E-state index contributed by atoms with van der Waals surface area (Å²) in [4.78, 5) is 0. The normalized spacial score (nSPS) is 12.5. The van der Waals surface area contributed by atoms with Crippen LogP contribution >= 0.6 is 22.6 Å². The molecule has 1 unspecified atom stereocenters. The zero-order chi connectivity index (χ0) is 8.10. The number of benzene rings is 1. The fraction of sp³-hybridized carbons (Fsp3) is 0.200. The van der Waals surface area contributed by atoms with E-state index in [1.54, 1.807) is 0 Å². The predicted molar refractivity (Wildman–Crippen MR) is 58.0 cm³/mol. The quantitative estimate of drug-likeness (QED) is 0.440. The van der Waals surface area contributed by atoms with Gasteiger partial charge in [0.05, 0.1) is 0 Å². The monoisotopic (exact) mass is 258 g/mol. The Morgan fingerprint density at radius 2 is 2.00 bits per heavy atom. The Bertz CT molecular complexity index is 216. The van der Waals surface area contributed by atoms with E-state index in [9.17, 15) is 0 Å². The second kappa shape index (κ2) is 4.54. The Hall–Kier alpha value is -0.310. The van der Waals surface area contributed by atoms with Crippen molar-refractivity contribution in [1.29, 1.82) is 0 Å². The second-order valence-electron chi connectivity index (χ2n) is 2.40. The first-order valence-corrected chi connectivity index (χ1v) is 4.89. The van der Waals surface area contributed by atoms with E-state index in [0.717, 1.165) is 6.42 Å². The molecule has 0 nitrogen and oxygen atoms in total. The third-order valence-corrected chi connectivity index (χ3v) is 2.76. The fourth-order valence-electron chi connectivity index (χ4n) is 0.944. The van der Waals surface area contributed by atoms with E-state index in [1.807, 2.05) is 12.1 Å². The van der Waals surface area contributed by atoms with Crippen molar-refractivity contribution < 1.29 is 0 Å². The van der Waals surface area contributed by atoms with Crippen LogP contribution in [0.3, 0.4) is 0 Å². The van der Waals surface area contributed by atoms with E-state index in [4.69, 9.17) is 0 Å². The lowest BCUT2D eigenvalue weighted by atomic mass is 10.1. The van der Waals surface area contributed by atoms with Gasteiger partial charge in [-0.1, -0.05) is 59.0 Å². The Kier molecular flexibility index (Phi) is 3.63. The smallest absolute Gasteiger partial charge is 0.0393 e. The molecule has 0 saturated carbocycles. The van der Waals surface area contributed by atoms with Crippen LogP contribution in [-0.4, -0.2) is 0 Å². The first-order chi connectivity index (χ1) is 5.34. The van der Waals surface area contributed by atoms with Crippen molar-refractivity contribution in [2.24, 2.45) is 0 Å². The van der Waals surface area contributed by atoms with Crippen molar-refractivity contribution in [1.82, 2.24) is 0 Å². The molecule has 0 amide bonds. The Labute approximate surface area is 81.5 Å². The van der Waals surface area contributed by atoms with Crippen LogP contribution in [0.5, 0.6) is 0 Å². The van der Waals surface area contributed by atoms with Gasteiger partial charge in [0.25, 0.3) is 0 Å². The first-order valence-electron chi connectivity index (χ1n) is 3.64. The van der Waals surface area contributed by atoms with Crippen molar-refractivity contribution >= 4 is 22.6 Å². The molecular weight excluding hydrogens is 247 g/mol. The molecule has 1 aromatic rings. The SMILES string of the molecule is C=CCC(I)c1ccccc1. The van der Waals surface area contributed by atoms with Crippen LogP contribution in [0.25, 0.3) is 0 Å². The summed E-state index contributed by atoms with van der Waals surface area (Å²) in [5.41, 5.74) is 1.38. The average Bonchev–Trinajstić information content (AvgIpc) is 2.07. The first kappa shape index (κ1) is 8.78. The molecule has 1 atom stereocenters.